The molecule has 1 spiro atoms. The number of nitrogens with zero attached hydrogens (tertiary/aromatic N) is 1. The molecule has 0 radical (unpaired) electrons. The predicted molar refractivity (Wildman–Crippen MR) is 86.7 cm³/mol. The average Bonchev–Trinajstić information content (AvgIpc) is 2.76. The van der Waals surface area contributed by atoms with Gasteiger partial charge in [0.15, 0.2) is 11.6 Å². The summed E-state index contributed by atoms with van der Waals surface area (Å²) in [6.45, 7) is 2.74. The van der Waals surface area contributed by atoms with Gasteiger partial charge in [0.25, 0.3) is 0 Å². The maximum absolute atomic E-state index is 14.1. The zero-order valence-electron chi connectivity index (χ0n) is 14.0. The van der Waals surface area contributed by atoms with Gasteiger partial charge in [0.05, 0.1) is 7.11 Å². The minimum atomic E-state index is -0.840. The molecule has 0 unspecified atom stereocenters. The summed E-state index contributed by atoms with van der Waals surface area (Å²) < 4.78 is 32.8. The van der Waals surface area contributed by atoms with Gasteiger partial charge in [-0.2, -0.15) is 0 Å². The van der Waals surface area contributed by atoms with Gasteiger partial charge in [-0.25, -0.2) is 8.78 Å². The summed E-state index contributed by atoms with van der Waals surface area (Å²) in [4.78, 5) is 13.7. The van der Waals surface area contributed by atoms with Gasteiger partial charge < -0.3 is 10.1 Å². The Labute approximate surface area is 141 Å². The number of ether oxygens (including phenoxy) is 1. The summed E-state index contributed by atoms with van der Waals surface area (Å²) >= 11 is 0. The normalized spacial score (nSPS) is 21.4. The number of piperidine rings is 1. The van der Waals surface area contributed by atoms with Crippen molar-refractivity contribution >= 4 is 5.91 Å². The third-order valence-corrected chi connectivity index (χ3v) is 5.53. The van der Waals surface area contributed by atoms with Crippen molar-refractivity contribution in [2.75, 3.05) is 26.7 Å². The van der Waals surface area contributed by atoms with Crippen LogP contribution >= 0.6 is 0 Å². The Kier molecular flexibility index (Phi) is 5.04. The van der Waals surface area contributed by atoms with Gasteiger partial charge in [0.1, 0.15) is 5.75 Å². The van der Waals surface area contributed by atoms with Crippen LogP contribution in [-0.2, 0) is 11.3 Å². The molecule has 1 aromatic rings. The first-order valence-corrected chi connectivity index (χ1v) is 8.53. The van der Waals surface area contributed by atoms with Crippen LogP contribution in [0.4, 0.5) is 8.78 Å². The molecular weight excluding hydrogens is 314 g/mol. The molecule has 1 N–H and O–H groups in total. The Bertz CT molecular complexity index is 613. The van der Waals surface area contributed by atoms with Crippen molar-refractivity contribution in [1.29, 1.82) is 0 Å². The lowest BCUT2D eigenvalue weighted by Gasteiger charge is -2.41. The van der Waals surface area contributed by atoms with Gasteiger partial charge in [-0.3, -0.25) is 9.69 Å². The minimum absolute atomic E-state index is 0.140. The fourth-order valence-electron chi connectivity index (χ4n) is 3.88. The van der Waals surface area contributed by atoms with E-state index in [1.165, 1.54) is 13.2 Å². The van der Waals surface area contributed by atoms with Crippen LogP contribution in [-0.4, -0.2) is 37.6 Å². The second-order valence-electron chi connectivity index (χ2n) is 6.92. The standard InChI is InChI=1S/C18H24F2N2O2/c1-24-15-3-2-14(19)17(20)13(15)12-22-10-7-18(8-11-22)5-4-16(23)21-9-6-18/h2-3H,4-12H2,1H3,(H,21,23). The number of benzene rings is 1. The van der Waals surface area contributed by atoms with Crippen LogP contribution in [0.3, 0.4) is 0 Å². The third kappa shape index (κ3) is 3.53. The number of carbonyl (C=O) groups excluding carboxylic acids is 1. The molecule has 1 aromatic carbocycles. The molecule has 0 aliphatic carbocycles. The first-order chi connectivity index (χ1) is 11.5. The van der Waals surface area contributed by atoms with Crippen molar-refractivity contribution in [1.82, 2.24) is 10.2 Å². The smallest absolute Gasteiger partial charge is 0.220 e. The maximum Gasteiger partial charge on any atom is 0.220 e. The van der Waals surface area contributed by atoms with Crippen LogP contribution < -0.4 is 10.1 Å². The van der Waals surface area contributed by atoms with Crippen LogP contribution in [0, 0.1) is 17.0 Å². The van der Waals surface area contributed by atoms with E-state index in [0.717, 1.165) is 51.4 Å². The van der Waals surface area contributed by atoms with E-state index in [-0.39, 0.29) is 16.9 Å². The highest BCUT2D eigenvalue weighted by molar-refractivity contribution is 5.76. The number of hydrogen-bond donors (Lipinski definition) is 1. The molecule has 0 saturated carbocycles. The zero-order chi connectivity index (χ0) is 17.2. The highest BCUT2D eigenvalue weighted by Gasteiger charge is 2.36. The summed E-state index contributed by atoms with van der Waals surface area (Å²) in [5, 5.41) is 2.94. The van der Waals surface area contributed by atoms with E-state index in [2.05, 4.69) is 10.2 Å². The number of carbonyl (C=O) groups is 1. The molecule has 24 heavy (non-hydrogen) atoms. The average molecular weight is 338 g/mol. The molecule has 0 aromatic heterocycles. The Morgan fingerprint density at radius 3 is 2.67 bits per heavy atom. The fourth-order valence-corrected chi connectivity index (χ4v) is 3.88. The van der Waals surface area contributed by atoms with Crippen molar-refractivity contribution in [3.63, 3.8) is 0 Å². The Morgan fingerprint density at radius 1 is 1.21 bits per heavy atom. The third-order valence-electron chi connectivity index (χ3n) is 5.53. The van der Waals surface area contributed by atoms with Crippen LogP contribution in [0.1, 0.15) is 37.7 Å². The molecule has 2 aliphatic heterocycles. The molecule has 0 atom stereocenters. The van der Waals surface area contributed by atoms with E-state index in [1.807, 2.05) is 0 Å². The number of halogens is 2. The monoisotopic (exact) mass is 338 g/mol. The summed E-state index contributed by atoms with van der Waals surface area (Å²) in [5.74, 6) is -1.13. The summed E-state index contributed by atoms with van der Waals surface area (Å²) in [7, 11) is 1.47. The van der Waals surface area contributed by atoms with Crippen molar-refractivity contribution in [2.45, 2.75) is 38.6 Å². The van der Waals surface area contributed by atoms with E-state index in [4.69, 9.17) is 4.74 Å². The lowest BCUT2D eigenvalue weighted by molar-refractivity contribution is -0.121. The predicted octanol–water partition coefficient (Wildman–Crippen LogP) is 2.86. The molecule has 0 bridgehead atoms. The highest BCUT2D eigenvalue weighted by atomic mass is 19.2. The van der Waals surface area contributed by atoms with E-state index in [9.17, 15) is 13.6 Å². The van der Waals surface area contributed by atoms with Crippen molar-refractivity contribution in [2.24, 2.45) is 5.41 Å². The van der Waals surface area contributed by atoms with Crippen LogP contribution in [0.5, 0.6) is 5.75 Å². The summed E-state index contributed by atoms with van der Waals surface area (Å²) in [5.41, 5.74) is 0.492. The van der Waals surface area contributed by atoms with Crippen LogP contribution in [0.15, 0.2) is 12.1 Å². The molecule has 2 aliphatic rings. The SMILES string of the molecule is COc1ccc(F)c(F)c1CN1CCC2(CCNC(=O)CC2)CC1. The zero-order valence-corrected chi connectivity index (χ0v) is 14.0. The number of methoxy groups -OCH3 is 1. The van der Waals surface area contributed by atoms with Crippen molar-refractivity contribution < 1.29 is 18.3 Å². The lowest BCUT2D eigenvalue weighted by Crippen LogP contribution is -2.40. The molecule has 2 heterocycles. The fraction of sp³-hybridized carbons (Fsp3) is 0.611. The van der Waals surface area contributed by atoms with E-state index in [1.54, 1.807) is 0 Å². The second-order valence-corrected chi connectivity index (χ2v) is 6.92. The van der Waals surface area contributed by atoms with E-state index >= 15 is 0 Å². The van der Waals surface area contributed by atoms with E-state index < -0.39 is 11.6 Å². The Morgan fingerprint density at radius 2 is 1.96 bits per heavy atom. The van der Waals surface area contributed by atoms with Crippen molar-refractivity contribution in [3.8, 4) is 5.75 Å². The van der Waals surface area contributed by atoms with Gasteiger partial charge in [-0.05, 0) is 56.3 Å². The topological polar surface area (TPSA) is 41.6 Å². The molecular formula is C18H24F2N2O2. The molecule has 4 nitrogen and oxygen atoms in total. The Hall–Kier alpha value is -1.69. The Balaban J connectivity index is 1.66. The van der Waals surface area contributed by atoms with E-state index in [0.29, 0.717) is 18.7 Å². The molecule has 6 heteroatoms. The molecule has 132 valence electrons. The van der Waals surface area contributed by atoms with Crippen LogP contribution in [0.2, 0.25) is 0 Å². The molecule has 2 saturated heterocycles. The van der Waals surface area contributed by atoms with Gasteiger partial charge in [0, 0.05) is 25.1 Å². The minimum Gasteiger partial charge on any atom is -0.496 e. The highest BCUT2D eigenvalue weighted by Crippen LogP contribution is 2.41. The maximum atomic E-state index is 14.1. The number of likely N-dealkylation sites (tertiary alicyclic amines) is 1. The summed E-state index contributed by atoms with van der Waals surface area (Å²) in [6.07, 6.45) is 4.49. The first-order valence-electron chi connectivity index (χ1n) is 8.53. The summed E-state index contributed by atoms with van der Waals surface area (Å²) in [6, 6.07) is 2.57. The number of nitrogens with one attached hydrogen (secondary N) is 1. The number of rotatable bonds is 3. The first kappa shape index (κ1) is 17.1. The van der Waals surface area contributed by atoms with Crippen molar-refractivity contribution in [3.05, 3.63) is 29.3 Å². The number of hydrogen-bond acceptors (Lipinski definition) is 3. The van der Waals surface area contributed by atoms with Gasteiger partial charge in [-0.1, -0.05) is 0 Å². The molecule has 1 amide bonds. The van der Waals surface area contributed by atoms with Gasteiger partial charge >= 0.3 is 0 Å². The second kappa shape index (κ2) is 7.05. The quantitative estimate of drug-likeness (QED) is 0.921. The molecule has 2 fully saturated rings. The van der Waals surface area contributed by atoms with Crippen LogP contribution in [0.25, 0.3) is 0 Å². The largest absolute Gasteiger partial charge is 0.496 e. The molecule has 3 rings (SSSR count). The van der Waals surface area contributed by atoms with Gasteiger partial charge in [0.2, 0.25) is 5.91 Å². The lowest BCUT2D eigenvalue weighted by atomic mass is 9.73. The number of amides is 1. The van der Waals surface area contributed by atoms with Gasteiger partial charge in [-0.15, -0.1) is 0 Å².